The third-order valence-electron chi connectivity index (χ3n) is 5.32. The summed E-state index contributed by atoms with van der Waals surface area (Å²) in [6.45, 7) is 2.83. The number of nitrogens with one attached hydrogen (secondary N) is 3. The first kappa shape index (κ1) is 20.1. The van der Waals surface area contributed by atoms with Gasteiger partial charge >= 0.3 is 0 Å². The second-order valence-electron chi connectivity index (χ2n) is 7.07. The van der Waals surface area contributed by atoms with Gasteiger partial charge in [0.15, 0.2) is 11.7 Å². The minimum Gasteiger partial charge on any atom is -0.461 e. The summed E-state index contributed by atoms with van der Waals surface area (Å²) in [6, 6.07) is 4.92. The van der Waals surface area contributed by atoms with Crippen molar-refractivity contribution >= 4 is 29.9 Å². The maximum Gasteiger partial charge on any atom is 0.216 e. The van der Waals surface area contributed by atoms with E-state index in [-0.39, 0.29) is 24.0 Å². The molecule has 0 amide bonds. The van der Waals surface area contributed by atoms with E-state index in [0.717, 1.165) is 24.4 Å². The number of furan rings is 1. The van der Waals surface area contributed by atoms with Crippen molar-refractivity contribution in [1.29, 1.82) is 0 Å². The Hall–Kier alpha value is -1.62. The third kappa shape index (κ3) is 5.01. The lowest BCUT2D eigenvalue weighted by Gasteiger charge is -2.24. The van der Waals surface area contributed by atoms with Gasteiger partial charge in [0, 0.05) is 32.2 Å². The summed E-state index contributed by atoms with van der Waals surface area (Å²) in [5.74, 6) is 2.78. The van der Waals surface area contributed by atoms with Gasteiger partial charge in [0.25, 0.3) is 0 Å². The Labute approximate surface area is 176 Å². The standard InChI is InChI=1S/C18H27N7O.HI/c1-19-18(21-13-8-9-25(12-13)14-5-2-3-6-14)20-11-16-22-17(24-23-16)15-7-4-10-26-15;/h4,7,10,13-14H,2-3,5-6,8-9,11-12H2,1H3,(H2,19,20,21)(H,22,23,24);1H. The predicted octanol–water partition coefficient (Wildman–Crippen LogP) is 2.36. The summed E-state index contributed by atoms with van der Waals surface area (Å²) in [5.41, 5.74) is 0. The maximum atomic E-state index is 5.31. The molecule has 4 rings (SSSR count). The van der Waals surface area contributed by atoms with Crippen molar-refractivity contribution < 1.29 is 4.42 Å². The van der Waals surface area contributed by atoms with Crippen LogP contribution in [0.2, 0.25) is 0 Å². The Kier molecular flexibility index (Phi) is 7.11. The van der Waals surface area contributed by atoms with E-state index >= 15 is 0 Å². The molecule has 1 aliphatic heterocycles. The molecule has 0 spiro atoms. The van der Waals surface area contributed by atoms with Crippen LogP contribution in [0.1, 0.15) is 37.9 Å². The molecule has 1 saturated carbocycles. The van der Waals surface area contributed by atoms with Crippen molar-refractivity contribution in [1.82, 2.24) is 30.7 Å². The SMILES string of the molecule is CN=C(NCc1nc(-c2ccco2)n[nH]1)NC1CCN(C2CCCC2)C1.I. The summed E-state index contributed by atoms with van der Waals surface area (Å²) < 4.78 is 5.31. The van der Waals surface area contributed by atoms with Gasteiger partial charge in [0.2, 0.25) is 5.82 Å². The number of halogens is 1. The molecule has 3 N–H and O–H groups in total. The number of H-pyrrole nitrogens is 1. The van der Waals surface area contributed by atoms with Crippen LogP contribution in [0.25, 0.3) is 11.6 Å². The molecule has 2 fully saturated rings. The normalized spacial score (nSPS) is 21.4. The number of aliphatic imine (C=N–C) groups is 1. The molecule has 148 valence electrons. The molecule has 8 nitrogen and oxygen atoms in total. The van der Waals surface area contributed by atoms with Crippen molar-refractivity contribution in [2.75, 3.05) is 20.1 Å². The van der Waals surface area contributed by atoms with Gasteiger partial charge in [0.05, 0.1) is 12.8 Å². The number of aromatic nitrogens is 3. The lowest BCUT2D eigenvalue weighted by Crippen LogP contribution is -2.45. The average molecular weight is 485 g/mol. The van der Waals surface area contributed by atoms with Crippen molar-refractivity contribution in [3.63, 3.8) is 0 Å². The predicted molar refractivity (Wildman–Crippen MR) is 115 cm³/mol. The number of guanidine groups is 1. The molecule has 0 bridgehead atoms. The Morgan fingerprint density at radius 1 is 1.37 bits per heavy atom. The van der Waals surface area contributed by atoms with Crippen molar-refractivity contribution in [2.45, 2.75) is 50.7 Å². The number of aromatic amines is 1. The molecule has 1 atom stereocenters. The zero-order valence-electron chi connectivity index (χ0n) is 15.6. The maximum absolute atomic E-state index is 5.31. The van der Waals surface area contributed by atoms with Crippen LogP contribution < -0.4 is 10.6 Å². The van der Waals surface area contributed by atoms with E-state index in [9.17, 15) is 0 Å². The second kappa shape index (κ2) is 9.54. The smallest absolute Gasteiger partial charge is 0.216 e. The topological polar surface area (TPSA) is 94.4 Å². The van der Waals surface area contributed by atoms with Crippen LogP contribution >= 0.6 is 24.0 Å². The van der Waals surface area contributed by atoms with Gasteiger partial charge in [-0.2, -0.15) is 0 Å². The highest BCUT2D eigenvalue weighted by molar-refractivity contribution is 14.0. The van der Waals surface area contributed by atoms with Crippen molar-refractivity contribution in [2.24, 2.45) is 4.99 Å². The zero-order chi connectivity index (χ0) is 17.8. The minimum absolute atomic E-state index is 0. The van der Waals surface area contributed by atoms with E-state index in [2.05, 4.69) is 35.7 Å². The molecule has 1 unspecified atom stereocenters. The molecule has 2 aliphatic rings. The van der Waals surface area contributed by atoms with E-state index in [1.807, 2.05) is 12.1 Å². The fraction of sp³-hybridized carbons (Fsp3) is 0.611. The molecular formula is C18H28IN7O. The number of hydrogen-bond donors (Lipinski definition) is 3. The molecule has 2 aromatic heterocycles. The average Bonchev–Trinajstić information content (AvgIpc) is 3.45. The Morgan fingerprint density at radius 2 is 2.22 bits per heavy atom. The van der Waals surface area contributed by atoms with Crippen LogP contribution in [-0.2, 0) is 6.54 Å². The second-order valence-corrected chi connectivity index (χ2v) is 7.07. The molecule has 1 saturated heterocycles. The van der Waals surface area contributed by atoms with E-state index in [1.165, 1.54) is 38.6 Å². The lowest BCUT2D eigenvalue weighted by atomic mass is 10.2. The molecular weight excluding hydrogens is 457 g/mol. The van der Waals surface area contributed by atoms with Crippen LogP contribution in [0.5, 0.6) is 0 Å². The first-order valence-electron chi connectivity index (χ1n) is 9.48. The van der Waals surface area contributed by atoms with Gasteiger partial charge in [-0.25, -0.2) is 4.98 Å². The summed E-state index contributed by atoms with van der Waals surface area (Å²) in [5, 5.41) is 14.0. The van der Waals surface area contributed by atoms with Gasteiger partial charge in [0.1, 0.15) is 5.82 Å². The molecule has 0 aromatic carbocycles. The Morgan fingerprint density at radius 3 is 2.96 bits per heavy atom. The number of likely N-dealkylation sites (tertiary alicyclic amines) is 1. The highest BCUT2D eigenvalue weighted by atomic mass is 127. The number of rotatable bonds is 5. The van der Waals surface area contributed by atoms with E-state index in [1.54, 1.807) is 13.3 Å². The van der Waals surface area contributed by atoms with Gasteiger partial charge < -0.3 is 15.1 Å². The van der Waals surface area contributed by atoms with Crippen LogP contribution in [0, 0.1) is 0 Å². The monoisotopic (exact) mass is 485 g/mol. The van der Waals surface area contributed by atoms with Gasteiger partial charge in [-0.1, -0.05) is 12.8 Å². The third-order valence-corrected chi connectivity index (χ3v) is 5.32. The molecule has 9 heteroatoms. The highest BCUT2D eigenvalue weighted by Gasteiger charge is 2.30. The highest BCUT2D eigenvalue weighted by Crippen LogP contribution is 2.26. The van der Waals surface area contributed by atoms with Crippen LogP contribution in [0.3, 0.4) is 0 Å². The van der Waals surface area contributed by atoms with Gasteiger partial charge in [-0.05, 0) is 31.4 Å². The quantitative estimate of drug-likeness (QED) is 0.342. The molecule has 2 aromatic rings. The fourth-order valence-corrected chi connectivity index (χ4v) is 3.95. The molecule has 0 radical (unpaired) electrons. The fourth-order valence-electron chi connectivity index (χ4n) is 3.95. The van der Waals surface area contributed by atoms with Crippen molar-refractivity contribution in [3.05, 3.63) is 24.2 Å². The van der Waals surface area contributed by atoms with Gasteiger partial charge in [-0.15, -0.1) is 29.1 Å². The Balaban J connectivity index is 0.00000210. The van der Waals surface area contributed by atoms with E-state index in [4.69, 9.17) is 4.42 Å². The van der Waals surface area contributed by atoms with Crippen LogP contribution in [0.4, 0.5) is 0 Å². The minimum atomic E-state index is 0. The summed E-state index contributed by atoms with van der Waals surface area (Å²) in [6.07, 6.45) is 8.29. The van der Waals surface area contributed by atoms with Gasteiger partial charge in [-0.3, -0.25) is 15.0 Å². The summed E-state index contributed by atoms with van der Waals surface area (Å²) in [7, 11) is 1.80. The van der Waals surface area contributed by atoms with E-state index in [0.29, 0.717) is 24.2 Å². The van der Waals surface area contributed by atoms with Crippen LogP contribution in [0.15, 0.2) is 27.8 Å². The lowest BCUT2D eigenvalue weighted by molar-refractivity contribution is 0.242. The largest absolute Gasteiger partial charge is 0.461 e. The van der Waals surface area contributed by atoms with E-state index < -0.39 is 0 Å². The summed E-state index contributed by atoms with van der Waals surface area (Å²) >= 11 is 0. The zero-order valence-corrected chi connectivity index (χ0v) is 18.0. The first-order valence-corrected chi connectivity index (χ1v) is 9.48. The van der Waals surface area contributed by atoms with Crippen LogP contribution in [-0.4, -0.2) is 58.3 Å². The Bertz CT molecular complexity index is 724. The molecule has 3 heterocycles. The molecule has 27 heavy (non-hydrogen) atoms. The first-order chi connectivity index (χ1) is 12.8. The molecule has 1 aliphatic carbocycles. The van der Waals surface area contributed by atoms with Crippen molar-refractivity contribution in [3.8, 4) is 11.6 Å². The number of hydrogen-bond acceptors (Lipinski definition) is 5. The summed E-state index contributed by atoms with van der Waals surface area (Å²) in [4.78, 5) is 11.4. The number of nitrogens with zero attached hydrogens (tertiary/aromatic N) is 4.